The first-order valence-electron chi connectivity index (χ1n) is 13.5. The van der Waals surface area contributed by atoms with Crippen molar-refractivity contribution in [2.24, 2.45) is 5.92 Å². The van der Waals surface area contributed by atoms with Gasteiger partial charge in [-0.05, 0) is 66.8 Å². The van der Waals surface area contributed by atoms with E-state index in [0.29, 0.717) is 41.8 Å². The van der Waals surface area contributed by atoms with Gasteiger partial charge in [0.25, 0.3) is 0 Å². The molecule has 3 heterocycles. The van der Waals surface area contributed by atoms with Crippen molar-refractivity contribution < 1.29 is 27.9 Å². The molecule has 2 aliphatic heterocycles. The summed E-state index contributed by atoms with van der Waals surface area (Å²) in [6.07, 6.45) is 4.70. The van der Waals surface area contributed by atoms with E-state index in [9.17, 15) is 23.2 Å². The number of nitrogens with zero attached hydrogens (tertiary/aromatic N) is 2. The smallest absolute Gasteiger partial charge is 0.339 e. The van der Waals surface area contributed by atoms with E-state index in [1.54, 1.807) is 29.3 Å². The summed E-state index contributed by atoms with van der Waals surface area (Å²) in [7, 11) is 1.25. The molecule has 2 aromatic carbocycles. The van der Waals surface area contributed by atoms with Gasteiger partial charge in [-0.3, -0.25) is 14.6 Å². The predicted octanol–water partition coefficient (Wildman–Crippen LogP) is 6.16. The Hall–Kier alpha value is -4.31. The summed E-state index contributed by atoms with van der Waals surface area (Å²) in [4.78, 5) is 45.2. The van der Waals surface area contributed by atoms with Crippen LogP contribution < -0.4 is 11.1 Å². The van der Waals surface area contributed by atoms with Gasteiger partial charge in [0.1, 0.15) is 5.82 Å². The number of nitrogens with one attached hydrogen (secondary N) is 1. The van der Waals surface area contributed by atoms with Gasteiger partial charge >= 0.3 is 5.97 Å². The zero-order valence-electron chi connectivity index (χ0n) is 23.0. The summed E-state index contributed by atoms with van der Waals surface area (Å²) >= 11 is 5.89. The lowest BCUT2D eigenvalue weighted by Gasteiger charge is -2.34. The average molecular weight is 595 g/mol. The highest BCUT2D eigenvalue weighted by molar-refractivity contribution is 6.31. The Morgan fingerprint density at radius 2 is 1.95 bits per heavy atom. The van der Waals surface area contributed by atoms with Crippen LogP contribution in [0.25, 0.3) is 16.7 Å². The number of nitrogens with two attached hydrogens (primary N) is 1. The Labute approximate surface area is 246 Å². The minimum atomic E-state index is -0.901. The zero-order chi connectivity index (χ0) is 30.1. The van der Waals surface area contributed by atoms with Crippen LogP contribution in [0.1, 0.15) is 60.3 Å². The number of ether oxygens (including phenoxy) is 1. The molecule has 3 N–H and O–H groups in total. The number of esters is 1. The Balaban J connectivity index is 1.57. The maximum Gasteiger partial charge on any atom is 0.339 e. The summed E-state index contributed by atoms with van der Waals surface area (Å²) < 4.78 is 34.2. The fourth-order valence-electron chi connectivity index (χ4n) is 5.49. The molecule has 11 heteroatoms. The summed E-state index contributed by atoms with van der Waals surface area (Å²) in [5, 5.41) is 2.72. The second-order valence-electron chi connectivity index (χ2n) is 10.5. The quantitative estimate of drug-likeness (QED) is 0.213. The number of anilines is 2. The van der Waals surface area contributed by atoms with Crippen LogP contribution in [0.5, 0.6) is 0 Å². The van der Waals surface area contributed by atoms with Crippen molar-refractivity contribution in [2.75, 3.05) is 24.7 Å². The number of hydrogen-bond donors (Lipinski definition) is 2. The lowest BCUT2D eigenvalue weighted by atomic mass is 9.92. The third-order valence-corrected chi connectivity index (χ3v) is 8.08. The fraction of sp³-hybridized carbons (Fsp3) is 0.290. The predicted molar refractivity (Wildman–Crippen MR) is 155 cm³/mol. The van der Waals surface area contributed by atoms with Gasteiger partial charge < -0.3 is 20.7 Å². The van der Waals surface area contributed by atoms with Gasteiger partial charge in [-0.15, -0.1) is 0 Å². The molecule has 8 nitrogen and oxygen atoms in total. The molecular weight excluding hydrogens is 566 g/mol. The first kappa shape index (κ1) is 29.2. The highest BCUT2D eigenvalue weighted by Crippen LogP contribution is 2.38. The van der Waals surface area contributed by atoms with E-state index in [4.69, 9.17) is 22.1 Å². The van der Waals surface area contributed by atoms with Crippen molar-refractivity contribution in [1.29, 1.82) is 0 Å². The summed E-state index contributed by atoms with van der Waals surface area (Å²) in [5.74, 6) is -3.29. The molecule has 2 aliphatic rings. The minimum Gasteiger partial charge on any atom is -0.465 e. The molecule has 3 aromatic rings. The number of fused-ring (bicyclic) bond motifs is 4. The Bertz CT molecular complexity index is 1630. The number of halogens is 3. The highest BCUT2D eigenvalue weighted by atomic mass is 35.5. The van der Waals surface area contributed by atoms with Crippen molar-refractivity contribution >= 4 is 46.3 Å². The number of nitrogen functional groups attached to an aromatic ring is 1. The van der Waals surface area contributed by atoms with Gasteiger partial charge in [0.15, 0.2) is 5.82 Å². The molecule has 1 aromatic heterocycles. The normalized spacial score (nSPS) is 19.2. The fourth-order valence-corrected chi connectivity index (χ4v) is 5.65. The molecule has 2 amide bonds. The number of pyridine rings is 1. The number of benzene rings is 2. The monoisotopic (exact) mass is 594 g/mol. The van der Waals surface area contributed by atoms with E-state index < -0.39 is 29.6 Å². The van der Waals surface area contributed by atoms with Gasteiger partial charge in [-0.1, -0.05) is 24.9 Å². The van der Waals surface area contributed by atoms with E-state index in [0.717, 1.165) is 12.1 Å². The molecule has 0 unspecified atom stereocenters. The SMILES string of the molecule is COC(=O)c1cc2c(cc1N)NC(=O)[C@H](C)CCC[C@H](N1CCC(c3c(F)ccc(Cl)c3F)=CC1=O)c1cc-2ccn1. The third kappa shape index (κ3) is 5.59. The van der Waals surface area contributed by atoms with Crippen LogP contribution in [-0.4, -0.2) is 41.3 Å². The topological polar surface area (TPSA) is 115 Å². The second-order valence-corrected chi connectivity index (χ2v) is 10.9. The molecule has 0 spiro atoms. The van der Waals surface area contributed by atoms with Crippen LogP contribution >= 0.6 is 11.6 Å². The number of hydrogen-bond acceptors (Lipinski definition) is 6. The van der Waals surface area contributed by atoms with Crippen molar-refractivity contribution in [2.45, 2.75) is 38.6 Å². The number of amides is 2. The van der Waals surface area contributed by atoms with E-state index in [-0.39, 0.29) is 52.2 Å². The van der Waals surface area contributed by atoms with E-state index in [2.05, 4.69) is 10.3 Å². The van der Waals surface area contributed by atoms with Crippen molar-refractivity contribution in [1.82, 2.24) is 9.88 Å². The molecule has 0 saturated carbocycles. The third-order valence-electron chi connectivity index (χ3n) is 7.79. The molecule has 42 heavy (non-hydrogen) atoms. The minimum absolute atomic E-state index is 0.143. The van der Waals surface area contributed by atoms with E-state index in [1.807, 2.05) is 6.92 Å². The van der Waals surface area contributed by atoms with Gasteiger partial charge in [0, 0.05) is 36.0 Å². The van der Waals surface area contributed by atoms with Gasteiger partial charge in [0.2, 0.25) is 11.8 Å². The van der Waals surface area contributed by atoms with Crippen molar-refractivity contribution in [3.05, 3.63) is 82.1 Å². The number of rotatable bonds is 3. The standard InChI is InChI=1S/C31H29ClF2N4O4/c1-16-4-3-5-26(38-11-9-18(13-27(38)39)28-22(33)7-6-21(32)29(28)34)25-12-17(8-10-36-25)19-14-20(31(41)42-2)23(35)15-24(19)37-30(16)40/h6-8,10,12-16,26H,3-5,9,11,35H2,1-2H3,(H,37,40)/t16-,26+/m1/s1. The number of carbonyl (C=O) groups is 3. The van der Waals surface area contributed by atoms with Crippen LogP contribution in [0, 0.1) is 17.6 Å². The maximum absolute atomic E-state index is 14.7. The van der Waals surface area contributed by atoms with Crippen molar-refractivity contribution in [3.63, 3.8) is 0 Å². The molecule has 0 radical (unpaired) electrons. The van der Waals surface area contributed by atoms with E-state index >= 15 is 0 Å². The van der Waals surface area contributed by atoms with Crippen LogP contribution in [-0.2, 0) is 14.3 Å². The molecule has 218 valence electrons. The lowest BCUT2D eigenvalue weighted by molar-refractivity contribution is -0.129. The number of methoxy groups -OCH3 is 1. The van der Waals surface area contributed by atoms with Gasteiger partial charge in [0.05, 0.1) is 40.7 Å². The summed E-state index contributed by atoms with van der Waals surface area (Å²) in [6, 6.07) is 8.38. The molecule has 2 bridgehead atoms. The Morgan fingerprint density at radius 3 is 2.69 bits per heavy atom. The highest BCUT2D eigenvalue weighted by Gasteiger charge is 2.31. The Morgan fingerprint density at radius 1 is 1.17 bits per heavy atom. The molecule has 5 rings (SSSR count). The first-order valence-corrected chi connectivity index (χ1v) is 13.9. The van der Waals surface area contributed by atoms with Gasteiger partial charge in [-0.2, -0.15) is 0 Å². The molecule has 0 aliphatic carbocycles. The second kappa shape index (κ2) is 11.9. The summed E-state index contributed by atoms with van der Waals surface area (Å²) in [6.45, 7) is 2.01. The van der Waals surface area contributed by atoms with Crippen LogP contribution in [0.2, 0.25) is 5.02 Å². The summed E-state index contributed by atoms with van der Waals surface area (Å²) in [5.41, 5.74) is 8.58. The lowest BCUT2D eigenvalue weighted by Crippen LogP contribution is -2.38. The largest absolute Gasteiger partial charge is 0.465 e. The molecular formula is C31H29ClF2N4O4. The van der Waals surface area contributed by atoms with Crippen LogP contribution in [0.15, 0.2) is 48.7 Å². The van der Waals surface area contributed by atoms with Crippen LogP contribution in [0.3, 0.4) is 0 Å². The molecule has 0 saturated heterocycles. The van der Waals surface area contributed by atoms with Crippen LogP contribution in [0.4, 0.5) is 20.2 Å². The molecule has 0 fully saturated rings. The number of carbonyl (C=O) groups excluding carboxylic acids is 3. The van der Waals surface area contributed by atoms with Crippen molar-refractivity contribution in [3.8, 4) is 11.1 Å². The molecule has 2 atom stereocenters. The van der Waals surface area contributed by atoms with Gasteiger partial charge in [-0.25, -0.2) is 13.6 Å². The number of aromatic nitrogens is 1. The Kier molecular flexibility index (Phi) is 8.27. The van der Waals surface area contributed by atoms with E-state index in [1.165, 1.54) is 19.3 Å². The maximum atomic E-state index is 14.7. The first-order chi connectivity index (χ1) is 20.1. The average Bonchev–Trinajstić information content (AvgIpc) is 2.97. The zero-order valence-corrected chi connectivity index (χ0v) is 23.8.